The maximum Gasteiger partial charge on any atom is 0.338 e. The highest BCUT2D eigenvalue weighted by molar-refractivity contribution is 9.10. The van der Waals surface area contributed by atoms with Crippen LogP contribution in [0.1, 0.15) is 10.4 Å². The lowest BCUT2D eigenvalue weighted by Crippen LogP contribution is -2.41. The number of nitrogens with one attached hydrogen (secondary N) is 1. The lowest BCUT2D eigenvalue weighted by Gasteiger charge is -2.16. The van der Waals surface area contributed by atoms with Gasteiger partial charge in [-0.3, -0.25) is 0 Å². The molecule has 21 heavy (non-hydrogen) atoms. The fourth-order valence-electron chi connectivity index (χ4n) is 1.52. The molecular formula is C11H13BrFNO6S. The molecule has 0 saturated heterocycles. The minimum absolute atomic E-state index is 0.0916. The lowest BCUT2D eigenvalue weighted by molar-refractivity contribution is 0.0691. The number of benzene rings is 1. The van der Waals surface area contributed by atoms with Crippen LogP contribution in [-0.2, 0) is 14.8 Å². The average Bonchev–Trinajstić information content (AvgIpc) is 2.39. The normalized spacial score (nSPS) is 13.1. The van der Waals surface area contributed by atoms with Gasteiger partial charge in [0.25, 0.3) is 0 Å². The molecule has 0 aliphatic rings. The molecule has 1 atom stereocenters. The molecule has 0 aliphatic heterocycles. The van der Waals surface area contributed by atoms with Crippen molar-refractivity contribution in [3.05, 3.63) is 28.0 Å². The Balaban J connectivity index is 3.28. The van der Waals surface area contributed by atoms with Crippen LogP contribution in [0.2, 0.25) is 0 Å². The van der Waals surface area contributed by atoms with Gasteiger partial charge in [0, 0.05) is 11.6 Å². The summed E-state index contributed by atoms with van der Waals surface area (Å²) < 4.78 is 45.0. The highest BCUT2D eigenvalue weighted by Crippen LogP contribution is 2.24. The fraction of sp³-hybridized carbons (Fsp3) is 0.364. The van der Waals surface area contributed by atoms with Crippen LogP contribution in [0.3, 0.4) is 0 Å². The first-order valence-corrected chi connectivity index (χ1v) is 7.85. The van der Waals surface area contributed by atoms with Crippen LogP contribution < -0.4 is 4.72 Å². The number of hydrogen-bond donors (Lipinski definition) is 3. The summed E-state index contributed by atoms with van der Waals surface area (Å²) in [5, 5.41) is 17.9. The van der Waals surface area contributed by atoms with Crippen LogP contribution in [0.25, 0.3) is 0 Å². The number of aromatic carboxylic acids is 1. The minimum Gasteiger partial charge on any atom is -0.478 e. The summed E-state index contributed by atoms with van der Waals surface area (Å²) in [6, 6.07) is 0.910. The zero-order valence-corrected chi connectivity index (χ0v) is 13.2. The molecule has 0 saturated carbocycles. The lowest BCUT2D eigenvalue weighted by atomic mass is 10.2. The zero-order chi connectivity index (χ0) is 16.2. The number of aliphatic hydroxyl groups is 1. The summed E-state index contributed by atoms with van der Waals surface area (Å²) in [4.78, 5) is 10.1. The number of rotatable bonds is 7. The van der Waals surface area contributed by atoms with E-state index in [0.29, 0.717) is 0 Å². The molecule has 0 heterocycles. The van der Waals surface area contributed by atoms with E-state index < -0.39 is 44.9 Å². The van der Waals surface area contributed by atoms with Gasteiger partial charge in [0.1, 0.15) is 4.90 Å². The minimum atomic E-state index is -4.36. The topological polar surface area (TPSA) is 113 Å². The first-order chi connectivity index (χ1) is 9.72. The van der Waals surface area contributed by atoms with Crippen LogP contribution >= 0.6 is 15.9 Å². The molecule has 7 nitrogen and oxygen atoms in total. The molecule has 1 aromatic carbocycles. The molecule has 3 N–H and O–H groups in total. The maximum absolute atomic E-state index is 14.0. The van der Waals surface area contributed by atoms with E-state index in [1.54, 1.807) is 0 Å². The van der Waals surface area contributed by atoms with E-state index in [1.165, 1.54) is 7.11 Å². The Bertz CT molecular complexity index is 636. The summed E-state index contributed by atoms with van der Waals surface area (Å²) in [6.45, 7) is -0.689. The number of sulfonamides is 1. The van der Waals surface area contributed by atoms with E-state index in [-0.39, 0.29) is 11.1 Å². The third kappa shape index (κ3) is 4.45. The molecule has 0 amide bonds. The first kappa shape index (κ1) is 18.0. The third-order valence-electron chi connectivity index (χ3n) is 2.43. The van der Waals surface area contributed by atoms with Crippen molar-refractivity contribution in [3.8, 4) is 0 Å². The molecule has 0 fully saturated rings. The second-order valence-electron chi connectivity index (χ2n) is 4.03. The summed E-state index contributed by atoms with van der Waals surface area (Å²) in [5.41, 5.74) is -0.781. The smallest absolute Gasteiger partial charge is 0.338 e. The number of methoxy groups -OCH3 is 1. The molecule has 0 aliphatic carbocycles. The maximum atomic E-state index is 14.0. The Morgan fingerprint density at radius 1 is 1.52 bits per heavy atom. The highest BCUT2D eigenvalue weighted by Gasteiger charge is 2.27. The standard InChI is InChI=1S/C11H13BrFNO6S/c1-20-5-7(4-15)14-21(18,19)9-3-6(12)2-8(10(9)13)11(16)17/h2-3,7,14-15H,4-5H2,1H3,(H,16,17). The summed E-state index contributed by atoms with van der Waals surface area (Å²) in [6.07, 6.45) is 0. The van der Waals surface area contributed by atoms with Crippen molar-refractivity contribution in [2.75, 3.05) is 20.3 Å². The number of ether oxygens (including phenoxy) is 1. The van der Waals surface area contributed by atoms with Gasteiger partial charge in [-0.1, -0.05) is 15.9 Å². The second-order valence-corrected chi connectivity index (χ2v) is 6.62. The Labute approximate surface area is 128 Å². The molecule has 1 aromatic rings. The molecule has 0 bridgehead atoms. The van der Waals surface area contributed by atoms with Crippen LogP contribution in [-0.4, -0.2) is 51.0 Å². The molecule has 1 unspecified atom stereocenters. The highest BCUT2D eigenvalue weighted by atomic mass is 79.9. The molecule has 0 spiro atoms. The van der Waals surface area contributed by atoms with Crippen molar-refractivity contribution >= 4 is 31.9 Å². The van der Waals surface area contributed by atoms with E-state index in [4.69, 9.17) is 14.9 Å². The van der Waals surface area contributed by atoms with Gasteiger partial charge in [-0.25, -0.2) is 22.3 Å². The molecule has 118 valence electrons. The average molecular weight is 386 g/mol. The number of carbonyl (C=O) groups is 1. The number of halogens is 2. The van der Waals surface area contributed by atoms with Gasteiger partial charge in [0.2, 0.25) is 10.0 Å². The number of carboxylic acids is 1. The quantitative estimate of drug-likeness (QED) is 0.632. The molecule has 0 aromatic heterocycles. The van der Waals surface area contributed by atoms with Gasteiger partial charge in [0.15, 0.2) is 5.82 Å². The van der Waals surface area contributed by atoms with Crippen LogP contribution in [0.4, 0.5) is 4.39 Å². The fourth-order valence-corrected chi connectivity index (χ4v) is 3.47. The summed E-state index contributed by atoms with van der Waals surface area (Å²) in [5.74, 6) is -2.98. The van der Waals surface area contributed by atoms with Gasteiger partial charge >= 0.3 is 5.97 Å². The third-order valence-corrected chi connectivity index (χ3v) is 4.41. The van der Waals surface area contributed by atoms with Crippen molar-refractivity contribution in [1.29, 1.82) is 0 Å². The Morgan fingerprint density at radius 3 is 2.62 bits per heavy atom. The van der Waals surface area contributed by atoms with Crippen LogP contribution in [0.15, 0.2) is 21.5 Å². The summed E-state index contributed by atoms with van der Waals surface area (Å²) in [7, 11) is -3.06. The van der Waals surface area contributed by atoms with Crippen molar-refractivity contribution in [3.63, 3.8) is 0 Å². The predicted molar refractivity (Wildman–Crippen MR) is 74.1 cm³/mol. The van der Waals surface area contributed by atoms with Crippen molar-refractivity contribution in [1.82, 2.24) is 4.72 Å². The van der Waals surface area contributed by atoms with Crippen LogP contribution in [0, 0.1) is 5.82 Å². The molecule has 0 radical (unpaired) electrons. The number of carboxylic acid groups (broad SMARTS) is 1. The number of aliphatic hydroxyl groups excluding tert-OH is 1. The van der Waals surface area contributed by atoms with E-state index in [9.17, 15) is 17.6 Å². The Kier molecular flexibility index (Phi) is 6.23. The predicted octanol–water partition coefficient (Wildman–Crippen LogP) is 0.572. The largest absolute Gasteiger partial charge is 0.478 e. The van der Waals surface area contributed by atoms with E-state index in [1.807, 2.05) is 4.72 Å². The van der Waals surface area contributed by atoms with Crippen molar-refractivity contribution in [2.45, 2.75) is 10.9 Å². The second kappa shape index (κ2) is 7.27. The van der Waals surface area contributed by atoms with Crippen LogP contribution in [0.5, 0.6) is 0 Å². The van der Waals surface area contributed by atoms with E-state index in [0.717, 1.165) is 12.1 Å². The van der Waals surface area contributed by atoms with E-state index >= 15 is 0 Å². The van der Waals surface area contributed by atoms with Gasteiger partial charge in [-0.2, -0.15) is 0 Å². The van der Waals surface area contributed by atoms with Crippen molar-refractivity contribution in [2.24, 2.45) is 0 Å². The van der Waals surface area contributed by atoms with Crippen molar-refractivity contribution < 1.29 is 32.6 Å². The molecular weight excluding hydrogens is 373 g/mol. The molecule has 1 rings (SSSR count). The van der Waals surface area contributed by atoms with E-state index in [2.05, 4.69) is 15.9 Å². The Hall–Kier alpha value is -1.07. The monoisotopic (exact) mass is 385 g/mol. The summed E-state index contributed by atoms with van der Waals surface area (Å²) >= 11 is 2.93. The Morgan fingerprint density at radius 2 is 2.14 bits per heavy atom. The SMILES string of the molecule is COCC(CO)NS(=O)(=O)c1cc(Br)cc(C(=O)O)c1F. The first-order valence-electron chi connectivity index (χ1n) is 5.57. The van der Waals surface area contributed by atoms with Gasteiger partial charge in [0.05, 0.1) is 24.8 Å². The zero-order valence-electron chi connectivity index (χ0n) is 10.8. The van der Waals surface area contributed by atoms with Gasteiger partial charge in [-0.15, -0.1) is 0 Å². The molecule has 10 heteroatoms. The van der Waals surface area contributed by atoms with Gasteiger partial charge in [-0.05, 0) is 12.1 Å². The number of hydrogen-bond acceptors (Lipinski definition) is 5. The van der Waals surface area contributed by atoms with Gasteiger partial charge < -0.3 is 14.9 Å².